The number of aromatic nitrogens is 5. The number of hydrogen-bond donors (Lipinski definition) is 2. The zero-order valence-corrected chi connectivity index (χ0v) is 11.6. The maximum absolute atomic E-state index is 4.10. The highest BCUT2D eigenvalue weighted by Gasteiger charge is 2.20. The largest absolute Gasteiger partial charge is 0.374 e. The molecule has 0 amide bonds. The Hall–Kier alpha value is -1.98. The van der Waals surface area contributed by atoms with Gasteiger partial charge in [-0.05, 0) is 30.4 Å². The molecule has 6 nitrogen and oxygen atoms in total. The summed E-state index contributed by atoms with van der Waals surface area (Å²) in [6.45, 7) is 6.68. The third-order valence-corrected chi connectivity index (χ3v) is 2.86. The van der Waals surface area contributed by atoms with Crippen LogP contribution < -0.4 is 5.32 Å². The predicted molar refractivity (Wildman–Crippen MR) is 73.5 cm³/mol. The molecule has 0 saturated carbocycles. The fourth-order valence-corrected chi connectivity index (χ4v) is 1.81. The highest BCUT2D eigenvalue weighted by atomic mass is 15.5. The normalized spacial score (nSPS) is 13.2. The minimum Gasteiger partial charge on any atom is -0.374 e. The van der Waals surface area contributed by atoms with Crippen molar-refractivity contribution in [1.82, 2.24) is 25.6 Å². The van der Waals surface area contributed by atoms with Crippen molar-refractivity contribution >= 4 is 5.69 Å². The third-order valence-electron chi connectivity index (χ3n) is 2.86. The molecule has 0 unspecified atom stereocenters. The quantitative estimate of drug-likeness (QED) is 0.863. The number of anilines is 1. The second-order valence-electron chi connectivity index (χ2n) is 5.81. The number of H-pyrrole nitrogens is 1. The summed E-state index contributed by atoms with van der Waals surface area (Å²) in [6.07, 6.45) is 5.56. The molecule has 2 aromatic heterocycles. The van der Waals surface area contributed by atoms with Crippen LogP contribution in [0.4, 0.5) is 5.69 Å². The van der Waals surface area contributed by atoms with E-state index in [-0.39, 0.29) is 11.5 Å². The van der Waals surface area contributed by atoms with Gasteiger partial charge < -0.3 is 5.32 Å². The van der Waals surface area contributed by atoms with Crippen molar-refractivity contribution in [3.63, 3.8) is 0 Å². The van der Waals surface area contributed by atoms with Gasteiger partial charge in [-0.15, -0.1) is 10.2 Å². The molecule has 0 spiro atoms. The summed E-state index contributed by atoms with van der Waals surface area (Å²) in [5.74, 6) is 0.688. The molecule has 1 atom stereocenters. The Morgan fingerprint density at radius 3 is 2.79 bits per heavy atom. The van der Waals surface area contributed by atoms with Gasteiger partial charge in [0.25, 0.3) is 0 Å². The van der Waals surface area contributed by atoms with Crippen molar-refractivity contribution in [2.45, 2.75) is 39.7 Å². The molecular weight excluding hydrogens is 240 g/mol. The summed E-state index contributed by atoms with van der Waals surface area (Å²) in [5.41, 5.74) is 1.24. The number of pyridine rings is 1. The van der Waals surface area contributed by atoms with E-state index < -0.39 is 0 Å². The molecule has 0 bridgehead atoms. The van der Waals surface area contributed by atoms with Crippen LogP contribution in [0.5, 0.6) is 0 Å². The molecule has 0 saturated heterocycles. The second kappa shape index (κ2) is 5.77. The van der Waals surface area contributed by atoms with Crippen molar-refractivity contribution in [1.29, 1.82) is 0 Å². The van der Waals surface area contributed by atoms with E-state index >= 15 is 0 Å². The van der Waals surface area contributed by atoms with Crippen molar-refractivity contribution in [2.75, 3.05) is 5.32 Å². The molecule has 2 rings (SSSR count). The maximum Gasteiger partial charge on any atom is 0.196 e. The first kappa shape index (κ1) is 13.5. The standard InChI is InChI=1S/C13H20N6/c1-13(2,3)7-6-11(12-16-18-19-17-12)15-10-5-4-8-14-9-10/h4-5,8-9,11,15H,6-7H2,1-3H3,(H,16,17,18,19)/t11-/m0/s1. The van der Waals surface area contributed by atoms with E-state index in [1.165, 1.54) is 0 Å². The SMILES string of the molecule is CC(C)(C)CC[C@H](Nc1cccnc1)c1nn[nH]n1. The van der Waals surface area contributed by atoms with Crippen LogP contribution in [0.15, 0.2) is 24.5 Å². The number of nitrogens with zero attached hydrogens (tertiary/aromatic N) is 4. The molecular formula is C13H20N6. The first-order valence-electron chi connectivity index (χ1n) is 6.44. The summed E-state index contributed by atoms with van der Waals surface area (Å²) in [6, 6.07) is 3.93. The molecule has 0 aliphatic heterocycles. The van der Waals surface area contributed by atoms with E-state index in [1.807, 2.05) is 12.1 Å². The molecule has 19 heavy (non-hydrogen) atoms. The van der Waals surface area contributed by atoms with Gasteiger partial charge in [-0.25, -0.2) is 0 Å². The van der Waals surface area contributed by atoms with Gasteiger partial charge >= 0.3 is 0 Å². The minimum atomic E-state index is 0.0437. The molecule has 0 aliphatic carbocycles. The highest BCUT2D eigenvalue weighted by molar-refractivity contribution is 5.41. The number of hydrogen-bond acceptors (Lipinski definition) is 5. The monoisotopic (exact) mass is 260 g/mol. The lowest BCUT2D eigenvalue weighted by Gasteiger charge is -2.22. The van der Waals surface area contributed by atoms with Gasteiger partial charge in [-0.2, -0.15) is 5.21 Å². The number of aromatic amines is 1. The van der Waals surface area contributed by atoms with Crippen molar-refractivity contribution in [3.05, 3.63) is 30.4 Å². The molecule has 6 heteroatoms. The van der Waals surface area contributed by atoms with E-state index in [9.17, 15) is 0 Å². The van der Waals surface area contributed by atoms with Crippen LogP contribution in [0.2, 0.25) is 0 Å². The summed E-state index contributed by atoms with van der Waals surface area (Å²) in [5, 5.41) is 17.7. The zero-order chi connectivity index (χ0) is 13.7. The fraction of sp³-hybridized carbons (Fsp3) is 0.538. The Morgan fingerprint density at radius 1 is 1.37 bits per heavy atom. The number of nitrogens with one attached hydrogen (secondary N) is 2. The number of rotatable bonds is 5. The van der Waals surface area contributed by atoms with E-state index in [4.69, 9.17) is 0 Å². The van der Waals surface area contributed by atoms with Crippen LogP contribution in [0, 0.1) is 5.41 Å². The smallest absolute Gasteiger partial charge is 0.196 e. The van der Waals surface area contributed by atoms with Crippen LogP contribution >= 0.6 is 0 Å². The first-order chi connectivity index (χ1) is 9.04. The lowest BCUT2D eigenvalue weighted by Crippen LogP contribution is -2.16. The average molecular weight is 260 g/mol. The van der Waals surface area contributed by atoms with Gasteiger partial charge in [-0.3, -0.25) is 4.98 Å². The van der Waals surface area contributed by atoms with E-state index in [0.29, 0.717) is 5.82 Å². The lowest BCUT2D eigenvalue weighted by molar-refractivity contribution is 0.352. The van der Waals surface area contributed by atoms with E-state index in [2.05, 4.69) is 51.7 Å². The zero-order valence-electron chi connectivity index (χ0n) is 11.6. The highest BCUT2D eigenvalue weighted by Crippen LogP contribution is 2.28. The number of tetrazole rings is 1. The Balaban J connectivity index is 2.07. The summed E-state index contributed by atoms with van der Waals surface area (Å²) in [7, 11) is 0. The van der Waals surface area contributed by atoms with E-state index in [1.54, 1.807) is 12.4 Å². The van der Waals surface area contributed by atoms with Crippen LogP contribution in [-0.2, 0) is 0 Å². The maximum atomic E-state index is 4.10. The summed E-state index contributed by atoms with van der Waals surface area (Å²) >= 11 is 0. The first-order valence-corrected chi connectivity index (χ1v) is 6.44. The van der Waals surface area contributed by atoms with Gasteiger partial charge in [0.2, 0.25) is 0 Å². The van der Waals surface area contributed by atoms with Crippen molar-refractivity contribution < 1.29 is 0 Å². The van der Waals surface area contributed by atoms with Crippen LogP contribution in [0.1, 0.15) is 45.5 Å². The Kier molecular flexibility index (Phi) is 4.09. The molecule has 2 N–H and O–H groups in total. The second-order valence-corrected chi connectivity index (χ2v) is 5.81. The van der Waals surface area contributed by atoms with Gasteiger partial charge in [-0.1, -0.05) is 26.0 Å². The predicted octanol–water partition coefficient (Wildman–Crippen LogP) is 2.57. The van der Waals surface area contributed by atoms with Gasteiger partial charge in [0.15, 0.2) is 5.82 Å². The van der Waals surface area contributed by atoms with Crippen molar-refractivity contribution in [2.24, 2.45) is 5.41 Å². The van der Waals surface area contributed by atoms with Gasteiger partial charge in [0, 0.05) is 12.4 Å². The Labute approximate surface area is 113 Å². The van der Waals surface area contributed by atoms with Crippen LogP contribution in [0.25, 0.3) is 0 Å². The van der Waals surface area contributed by atoms with E-state index in [0.717, 1.165) is 18.5 Å². The average Bonchev–Trinajstić information content (AvgIpc) is 2.88. The van der Waals surface area contributed by atoms with Crippen LogP contribution in [-0.4, -0.2) is 25.6 Å². The Morgan fingerprint density at radius 2 is 2.21 bits per heavy atom. The fourth-order valence-electron chi connectivity index (χ4n) is 1.81. The van der Waals surface area contributed by atoms with Crippen LogP contribution in [0.3, 0.4) is 0 Å². The molecule has 0 aromatic carbocycles. The van der Waals surface area contributed by atoms with Gasteiger partial charge in [0.05, 0.1) is 11.7 Å². The Bertz CT molecular complexity index is 474. The molecule has 0 fully saturated rings. The van der Waals surface area contributed by atoms with Gasteiger partial charge in [0.1, 0.15) is 0 Å². The summed E-state index contributed by atoms with van der Waals surface area (Å²) in [4.78, 5) is 4.10. The molecule has 2 heterocycles. The molecule has 102 valence electrons. The summed E-state index contributed by atoms with van der Waals surface area (Å²) < 4.78 is 0. The molecule has 0 radical (unpaired) electrons. The lowest BCUT2D eigenvalue weighted by atomic mass is 9.88. The third kappa shape index (κ3) is 4.31. The topological polar surface area (TPSA) is 79.4 Å². The van der Waals surface area contributed by atoms with Crippen molar-refractivity contribution in [3.8, 4) is 0 Å². The molecule has 0 aliphatic rings. The minimum absolute atomic E-state index is 0.0437. The molecule has 2 aromatic rings.